The number of rotatable bonds is 6. The number of methoxy groups -OCH3 is 1. The van der Waals surface area contributed by atoms with Crippen molar-refractivity contribution in [3.63, 3.8) is 0 Å². The van der Waals surface area contributed by atoms with E-state index in [9.17, 15) is 4.79 Å². The molecule has 0 unspecified atom stereocenters. The zero-order valence-electron chi connectivity index (χ0n) is 13.0. The number of ether oxygens (including phenoxy) is 1. The average molecular weight is 315 g/mol. The maximum atomic E-state index is 12.5. The van der Waals surface area contributed by atoms with Crippen molar-refractivity contribution in [3.8, 4) is 5.75 Å². The van der Waals surface area contributed by atoms with E-state index in [1.165, 1.54) is 11.1 Å². The highest BCUT2D eigenvalue weighted by atomic mass is 32.1. The number of benzene rings is 1. The fourth-order valence-corrected chi connectivity index (χ4v) is 3.65. The Morgan fingerprint density at radius 1 is 1.36 bits per heavy atom. The van der Waals surface area contributed by atoms with Gasteiger partial charge in [-0.25, -0.2) is 0 Å². The van der Waals surface area contributed by atoms with Gasteiger partial charge in [-0.2, -0.15) is 11.3 Å². The highest BCUT2D eigenvalue weighted by molar-refractivity contribution is 7.08. The van der Waals surface area contributed by atoms with Gasteiger partial charge in [0.2, 0.25) is 5.91 Å². The second kappa shape index (κ2) is 6.13. The maximum absolute atomic E-state index is 12.5. The third-order valence-electron chi connectivity index (χ3n) is 4.42. The molecule has 1 heterocycles. The molecule has 4 heteroatoms. The largest absolute Gasteiger partial charge is 0.496 e. The van der Waals surface area contributed by atoms with Crippen LogP contribution in [0, 0.1) is 6.92 Å². The summed E-state index contributed by atoms with van der Waals surface area (Å²) in [5.41, 5.74) is 3.29. The van der Waals surface area contributed by atoms with Gasteiger partial charge in [-0.15, -0.1) is 0 Å². The maximum Gasteiger partial charge on any atom is 0.230 e. The van der Waals surface area contributed by atoms with E-state index in [4.69, 9.17) is 4.74 Å². The number of carbonyl (C=O) groups excluding carboxylic acids is 1. The molecular formula is C18H21NO2S. The van der Waals surface area contributed by atoms with Crippen molar-refractivity contribution >= 4 is 17.2 Å². The fraction of sp³-hybridized carbons (Fsp3) is 0.389. The van der Waals surface area contributed by atoms with Gasteiger partial charge in [0.1, 0.15) is 5.75 Å². The zero-order valence-corrected chi connectivity index (χ0v) is 13.8. The van der Waals surface area contributed by atoms with Gasteiger partial charge in [-0.3, -0.25) is 4.79 Å². The lowest BCUT2D eigenvalue weighted by Gasteiger charge is -2.14. The second-order valence-electron chi connectivity index (χ2n) is 5.90. The zero-order chi connectivity index (χ0) is 15.6. The Morgan fingerprint density at radius 3 is 2.77 bits per heavy atom. The number of amides is 1. The first-order valence-electron chi connectivity index (χ1n) is 7.60. The van der Waals surface area contributed by atoms with Crippen LogP contribution in [0.3, 0.4) is 0 Å². The Balaban J connectivity index is 1.55. The van der Waals surface area contributed by atoms with Crippen LogP contribution in [-0.4, -0.2) is 19.6 Å². The molecule has 1 aliphatic rings. The van der Waals surface area contributed by atoms with Crippen molar-refractivity contribution in [2.45, 2.75) is 31.6 Å². The third-order valence-corrected chi connectivity index (χ3v) is 5.10. The molecular weight excluding hydrogens is 294 g/mol. The number of hydrogen-bond acceptors (Lipinski definition) is 3. The number of aryl methyl sites for hydroxylation is 1. The van der Waals surface area contributed by atoms with Crippen LogP contribution in [0.5, 0.6) is 5.75 Å². The normalized spacial score (nSPS) is 15.4. The Hall–Kier alpha value is -1.81. The predicted octanol–water partition coefficient (Wildman–Crippen LogP) is 3.46. The first-order valence-corrected chi connectivity index (χ1v) is 8.54. The van der Waals surface area contributed by atoms with Crippen LogP contribution < -0.4 is 10.1 Å². The summed E-state index contributed by atoms with van der Waals surface area (Å²) in [5, 5.41) is 7.25. The second-order valence-corrected chi connectivity index (χ2v) is 6.68. The standard InChI is InChI=1S/C18H21NO2S/c1-13-11-14(3-4-16(13)21-2)5-9-19-17(20)18(7-8-18)15-6-10-22-12-15/h3-4,6,10-12H,5,7-9H2,1-2H3,(H,19,20). The number of hydrogen-bond donors (Lipinski definition) is 1. The Bertz CT molecular complexity index is 660. The molecule has 1 saturated carbocycles. The molecule has 22 heavy (non-hydrogen) atoms. The lowest BCUT2D eigenvalue weighted by molar-refractivity contribution is -0.123. The number of carbonyl (C=O) groups is 1. The summed E-state index contributed by atoms with van der Waals surface area (Å²) < 4.78 is 5.27. The molecule has 0 radical (unpaired) electrons. The molecule has 1 N–H and O–H groups in total. The van der Waals surface area contributed by atoms with E-state index in [1.54, 1.807) is 18.4 Å². The van der Waals surface area contributed by atoms with Gasteiger partial charge in [0.15, 0.2) is 0 Å². The van der Waals surface area contributed by atoms with Crippen LogP contribution in [0.2, 0.25) is 0 Å². The van der Waals surface area contributed by atoms with E-state index in [1.807, 2.05) is 18.4 Å². The van der Waals surface area contributed by atoms with Crippen molar-refractivity contribution in [3.05, 3.63) is 51.7 Å². The molecule has 0 saturated heterocycles. The lowest BCUT2D eigenvalue weighted by atomic mass is 9.98. The van der Waals surface area contributed by atoms with Crippen LogP contribution in [0.1, 0.15) is 29.5 Å². The smallest absolute Gasteiger partial charge is 0.230 e. The Morgan fingerprint density at radius 2 is 2.18 bits per heavy atom. The minimum Gasteiger partial charge on any atom is -0.496 e. The summed E-state index contributed by atoms with van der Waals surface area (Å²) in [6.07, 6.45) is 2.78. The summed E-state index contributed by atoms with van der Waals surface area (Å²) >= 11 is 1.66. The number of thiophene rings is 1. The van der Waals surface area contributed by atoms with Crippen molar-refractivity contribution < 1.29 is 9.53 Å². The van der Waals surface area contributed by atoms with Crippen molar-refractivity contribution in [1.29, 1.82) is 0 Å². The minimum atomic E-state index is -0.240. The SMILES string of the molecule is COc1ccc(CCNC(=O)C2(c3ccsc3)CC2)cc1C. The summed E-state index contributed by atoms with van der Waals surface area (Å²) in [5.74, 6) is 1.08. The van der Waals surface area contributed by atoms with Gasteiger partial charge in [0, 0.05) is 6.54 Å². The van der Waals surface area contributed by atoms with E-state index >= 15 is 0 Å². The van der Waals surface area contributed by atoms with Crippen LogP contribution >= 0.6 is 11.3 Å². The van der Waals surface area contributed by atoms with Crippen molar-refractivity contribution in [1.82, 2.24) is 5.32 Å². The molecule has 1 aromatic carbocycles. The number of nitrogens with one attached hydrogen (secondary N) is 1. The molecule has 0 atom stereocenters. The molecule has 1 aromatic heterocycles. The molecule has 0 spiro atoms. The van der Waals surface area contributed by atoms with Gasteiger partial charge < -0.3 is 10.1 Å². The van der Waals surface area contributed by atoms with E-state index < -0.39 is 0 Å². The van der Waals surface area contributed by atoms with Crippen LogP contribution in [0.25, 0.3) is 0 Å². The van der Waals surface area contributed by atoms with E-state index in [-0.39, 0.29) is 11.3 Å². The highest BCUT2D eigenvalue weighted by Gasteiger charge is 2.51. The van der Waals surface area contributed by atoms with Gasteiger partial charge >= 0.3 is 0 Å². The monoisotopic (exact) mass is 315 g/mol. The van der Waals surface area contributed by atoms with Gasteiger partial charge in [-0.1, -0.05) is 12.1 Å². The average Bonchev–Trinajstić information content (AvgIpc) is 3.14. The molecule has 3 rings (SSSR count). The van der Waals surface area contributed by atoms with Gasteiger partial charge in [-0.05, 0) is 65.8 Å². The van der Waals surface area contributed by atoms with Crippen molar-refractivity contribution in [2.75, 3.05) is 13.7 Å². The molecule has 0 bridgehead atoms. The summed E-state index contributed by atoms with van der Waals surface area (Å²) in [6, 6.07) is 8.24. The van der Waals surface area contributed by atoms with Crippen molar-refractivity contribution in [2.24, 2.45) is 0 Å². The quantitative estimate of drug-likeness (QED) is 0.886. The van der Waals surface area contributed by atoms with Crippen LogP contribution in [-0.2, 0) is 16.6 Å². The molecule has 1 amide bonds. The molecule has 0 aliphatic heterocycles. The topological polar surface area (TPSA) is 38.3 Å². The Kier molecular flexibility index (Phi) is 4.21. The minimum absolute atomic E-state index is 0.177. The van der Waals surface area contributed by atoms with Crippen LogP contribution in [0.4, 0.5) is 0 Å². The third kappa shape index (κ3) is 2.88. The molecule has 2 aromatic rings. The molecule has 3 nitrogen and oxygen atoms in total. The Labute approximate surface area is 135 Å². The van der Waals surface area contributed by atoms with E-state index in [0.29, 0.717) is 6.54 Å². The summed E-state index contributed by atoms with van der Waals surface area (Å²) in [7, 11) is 1.68. The molecule has 1 aliphatic carbocycles. The first-order chi connectivity index (χ1) is 10.7. The molecule has 116 valence electrons. The van der Waals surface area contributed by atoms with Gasteiger partial charge in [0.05, 0.1) is 12.5 Å². The van der Waals surface area contributed by atoms with E-state index in [0.717, 1.165) is 30.6 Å². The highest BCUT2D eigenvalue weighted by Crippen LogP contribution is 2.49. The lowest BCUT2D eigenvalue weighted by Crippen LogP contribution is -2.35. The van der Waals surface area contributed by atoms with Crippen LogP contribution in [0.15, 0.2) is 35.0 Å². The summed E-state index contributed by atoms with van der Waals surface area (Å²) in [6.45, 7) is 2.72. The van der Waals surface area contributed by atoms with Gasteiger partial charge in [0.25, 0.3) is 0 Å². The summed E-state index contributed by atoms with van der Waals surface area (Å²) in [4.78, 5) is 12.5. The molecule has 1 fully saturated rings. The first kappa shape index (κ1) is 15.1. The predicted molar refractivity (Wildman–Crippen MR) is 89.7 cm³/mol. The van der Waals surface area contributed by atoms with E-state index in [2.05, 4.69) is 28.9 Å². The fourth-order valence-electron chi connectivity index (χ4n) is 2.89.